The molecule has 0 aliphatic carbocycles. The summed E-state index contributed by atoms with van der Waals surface area (Å²) in [6, 6.07) is 9.80. The number of nitrogens with zero attached hydrogens (tertiary/aromatic N) is 6. The van der Waals surface area contributed by atoms with Gasteiger partial charge in [-0.3, -0.25) is 0 Å². The van der Waals surface area contributed by atoms with Crippen LogP contribution in [0.1, 0.15) is 18.5 Å². The molecule has 0 spiro atoms. The fraction of sp³-hybridized carbons (Fsp3) is 0.316. The first-order chi connectivity index (χ1) is 13.7. The standard InChI is InChI=1S/C19H18ClN7O/c1-11-17(23-14-5-3-2-4-13(14)21-11)18-25-19-24-15(20)10-16(27(19)26-18)22-12-6-8-28-9-7-12/h2-5,10,12,22H,6-9H2,1H3. The highest BCUT2D eigenvalue weighted by Crippen LogP contribution is 2.24. The lowest BCUT2D eigenvalue weighted by molar-refractivity contribution is 0.0903. The van der Waals surface area contributed by atoms with Crippen LogP contribution in [0, 0.1) is 6.92 Å². The van der Waals surface area contributed by atoms with Crippen molar-refractivity contribution in [2.45, 2.75) is 25.8 Å². The van der Waals surface area contributed by atoms with Gasteiger partial charge >= 0.3 is 0 Å². The van der Waals surface area contributed by atoms with Gasteiger partial charge in [-0.1, -0.05) is 23.7 Å². The Morgan fingerprint density at radius 1 is 1.07 bits per heavy atom. The van der Waals surface area contributed by atoms with Gasteiger partial charge in [-0.15, -0.1) is 5.10 Å². The Hall–Kier alpha value is -2.84. The smallest absolute Gasteiger partial charge is 0.256 e. The van der Waals surface area contributed by atoms with E-state index in [4.69, 9.17) is 21.3 Å². The first kappa shape index (κ1) is 17.3. The molecule has 28 heavy (non-hydrogen) atoms. The SMILES string of the molecule is Cc1nc2ccccc2nc1-c1nc2nc(Cl)cc(NC3CCOCC3)n2n1. The number of anilines is 1. The zero-order valence-electron chi connectivity index (χ0n) is 15.3. The van der Waals surface area contributed by atoms with Crippen LogP contribution < -0.4 is 5.32 Å². The van der Waals surface area contributed by atoms with Gasteiger partial charge in [0, 0.05) is 25.3 Å². The van der Waals surface area contributed by atoms with Crippen molar-refractivity contribution < 1.29 is 4.74 Å². The van der Waals surface area contributed by atoms with E-state index in [1.807, 2.05) is 31.2 Å². The van der Waals surface area contributed by atoms with Crippen LogP contribution in [0.5, 0.6) is 0 Å². The van der Waals surface area contributed by atoms with Gasteiger partial charge in [-0.2, -0.15) is 14.5 Å². The molecule has 0 amide bonds. The van der Waals surface area contributed by atoms with E-state index >= 15 is 0 Å². The summed E-state index contributed by atoms with van der Waals surface area (Å²) in [7, 11) is 0. The first-order valence-corrected chi connectivity index (χ1v) is 9.56. The van der Waals surface area contributed by atoms with Crippen molar-refractivity contribution >= 4 is 34.2 Å². The van der Waals surface area contributed by atoms with Crippen molar-refractivity contribution in [3.05, 3.63) is 41.2 Å². The van der Waals surface area contributed by atoms with E-state index < -0.39 is 0 Å². The number of halogens is 1. The normalized spacial score (nSPS) is 15.4. The monoisotopic (exact) mass is 395 g/mol. The van der Waals surface area contributed by atoms with Gasteiger partial charge in [0.05, 0.1) is 16.7 Å². The van der Waals surface area contributed by atoms with Crippen LogP contribution in [-0.2, 0) is 4.74 Å². The Kier molecular flexibility index (Phi) is 4.29. The van der Waals surface area contributed by atoms with E-state index in [2.05, 4.69) is 25.4 Å². The average Bonchev–Trinajstić information content (AvgIpc) is 3.12. The topological polar surface area (TPSA) is 90.1 Å². The highest BCUT2D eigenvalue weighted by molar-refractivity contribution is 6.29. The maximum atomic E-state index is 6.22. The number of hydrogen-bond donors (Lipinski definition) is 1. The minimum Gasteiger partial charge on any atom is -0.381 e. The Morgan fingerprint density at radius 2 is 1.82 bits per heavy atom. The lowest BCUT2D eigenvalue weighted by atomic mass is 10.1. The molecular weight excluding hydrogens is 378 g/mol. The number of aryl methyl sites for hydroxylation is 1. The van der Waals surface area contributed by atoms with Crippen molar-refractivity contribution in [3.63, 3.8) is 0 Å². The molecule has 0 atom stereocenters. The molecule has 0 radical (unpaired) electrons. The number of aromatic nitrogens is 6. The molecule has 4 heterocycles. The van der Waals surface area contributed by atoms with Crippen LogP contribution in [-0.4, -0.2) is 48.8 Å². The summed E-state index contributed by atoms with van der Waals surface area (Å²) >= 11 is 6.22. The number of fused-ring (bicyclic) bond motifs is 2. The molecule has 8 nitrogen and oxygen atoms in total. The molecule has 0 saturated carbocycles. The number of para-hydroxylation sites is 2. The zero-order valence-corrected chi connectivity index (χ0v) is 16.0. The first-order valence-electron chi connectivity index (χ1n) is 9.19. The van der Waals surface area contributed by atoms with Gasteiger partial charge in [0.2, 0.25) is 5.82 Å². The molecular formula is C19H18ClN7O. The fourth-order valence-electron chi connectivity index (χ4n) is 3.39. The van der Waals surface area contributed by atoms with E-state index in [1.165, 1.54) is 0 Å². The van der Waals surface area contributed by atoms with Gasteiger partial charge in [0.1, 0.15) is 16.7 Å². The Bertz CT molecular complexity index is 1170. The van der Waals surface area contributed by atoms with E-state index in [9.17, 15) is 0 Å². The van der Waals surface area contributed by atoms with E-state index in [1.54, 1.807) is 10.6 Å². The Morgan fingerprint density at radius 3 is 2.61 bits per heavy atom. The maximum absolute atomic E-state index is 6.22. The van der Waals surface area contributed by atoms with Crippen LogP contribution in [0.3, 0.4) is 0 Å². The van der Waals surface area contributed by atoms with Gasteiger partial charge in [0.15, 0.2) is 0 Å². The van der Waals surface area contributed by atoms with Gasteiger partial charge in [0.25, 0.3) is 5.78 Å². The van der Waals surface area contributed by atoms with Crippen LogP contribution in [0.4, 0.5) is 5.82 Å². The molecule has 0 unspecified atom stereocenters. The lowest BCUT2D eigenvalue weighted by Gasteiger charge is -2.24. The number of rotatable bonds is 3. The van der Waals surface area contributed by atoms with Crippen LogP contribution in [0.2, 0.25) is 5.15 Å². The second-order valence-electron chi connectivity index (χ2n) is 6.79. The highest BCUT2D eigenvalue weighted by atomic mass is 35.5. The number of nitrogens with one attached hydrogen (secondary N) is 1. The number of hydrogen-bond acceptors (Lipinski definition) is 7. The largest absolute Gasteiger partial charge is 0.381 e. The molecule has 1 aliphatic rings. The Labute approximate surface area is 166 Å². The molecule has 5 rings (SSSR count). The Balaban J connectivity index is 1.60. The summed E-state index contributed by atoms with van der Waals surface area (Å²) in [5.74, 6) is 1.65. The zero-order chi connectivity index (χ0) is 19.1. The summed E-state index contributed by atoms with van der Waals surface area (Å²) in [6.07, 6.45) is 1.86. The van der Waals surface area contributed by atoms with E-state index in [-0.39, 0.29) is 0 Å². The molecule has 9 heteroatoms. The van der Waals surface area contributed by atoms with Crippen molar-refractivity contribution in [2.24, 2.45) is 0 Å². The second-order valence-corrected chi connectivity index (χ2v) is 7.18. The summed E-state index contributed by atoms with van der Waals surface area (Å²) < 4.78 is 7.10. The van der Waals surface area contributed by atoms with Crippen molar-refractivity contribution in [1.29, 1.82) is 0 Å². The third-order valence-corrected chi connectivity index (χ3v) is 5.00. The van der Waals surface area contributed by atoms with E-state index in [0.717, 1.165) is 48.6 Å². The summed E-state index contributed by atoms with van der Waals surface area (Å²) in [6.45, 7) is 3.39. The summed E-state index contributed by atoms with van der Waals surface area (Å²) in [4.78, 5) is 18.2. The predicted molar refractivity (Wildman–Crippen MR) is 107 cm³/mol. The third kappa shape index (κ3) is 3.14. The average molecular weight is 396 g/mol. The second kappa shape index (κ2) is 6.96. The minimum atomic E-state index is 0.297. The maximum Gasteiger partial charge on any atom is 0.256 e. The molecule has 0 bridgehead atoms. The number of benzene rings is 1. The number of ether oxygens (including phenoxy) is 1. The van der Waals surface area contributed by atoms with Crippen molar-refractivity contribution in [1.82, 2.24) is 29.5 Å². The molecule has 4 aromatic rings. The van der Waals surface area contributed by atoms with Crippen LogP contribution in [0.25, 0.3) is 28.3 Å². The molecule has 142 valence electrons. The van der Waals surface area contributed by atoms with Crippen molar-refractivity contribution in [3.8, 4) is 11.5 Å². The molecule has 1 saturated heterocycles. The third-order valence-electron chi connectivity index (χ3n) is 4.81. The predicted octanol–water partition coefficient (Wildman–Crippen LogP) is 3.29. The summed E-state index contributed by atoms with van der Waals surface area (Å²) in [5, 5.41) is 8.50. The molecule has 1 aromatic carbocycles. The molecule has 1 N–H and O–H groups in total. The van der Waals surface area contributed by atoms with Crippen molar-refractivity contribution in [2.75, 3.05) is 18.5 Å². The highest BCUT2D eigenvalue weighted by Gasteiger charge is 2.19. The lowest BCUT2D eigenvalue weighted by Crippen LogP contribution is -2.28. The quantitative estimate of drug-likeness (QED) is 0.532. The van der Waals surface area contributed by atoms with Gasteiger partial charge < -0.3 is 10.1 Å². The van der Waals surface area contributed by atoms with Crippen LogP contribution >= 0.6 is 11.6 Å². The summed E-state index contributed by atoms with van der Waals surface area (Å²) in [5.41, 5.74) is 3.04. The van der Waals surface area contributed by atoms with Gasteiger partial charge in [-0.25, -0.2) is 9.97 Å². The minimum absolute atomic E-state index is 0.297. The molecule has 3 aromatic heterocycles. The molecule has 1 aliphatic heterocycles. The van der Waals surface area contributed by atoms with E-state index in [0.29, 0.717) is 28.5 Å². The van der Waals surface area contributed by atoms with Gasteiger partial charge in [-0.05, 0) is 31.9 Å². The fourth-order valence-corrected chi connectivity index (χ4v) is 3.57. The van der Waals surface area contributed by atoms with Crippen LogP contribution in [0.15, 0.2) is 30.3 Å². The molecule has 1 fully saturated rings.